The molecule has 0 unspecified atom stereocenters. The van der Waals surface area contributed by atoms with Gasteiger partial charge in [0.2, 0.25) is 6.71 Å². The summed E-state index contributed by atoms with van der Waals surface area (Å²) in [4.78, 5) is 15.2. The van der Waals surface area contributed by atoms with Gasteiger partial charge in [-0.05, 0) is 165 Å². The number of nitrogens with zero attached hydrogens (tertiary/aromatic N) is 4. The van der Waals surface area contributed by atoms with Crippen LogP contribution < -0.4 is 52.4 Å². The lowest BCUT2D eigenvalue weighted by Crippen LogP contribution is -2.64. The Morgan fingerprint density at radius 1 is 0.269 bits per heavy atom. The van der Waals surface area contributed by atoms with Crippen LogP contribution >= 0.6 is 23.5 Å². The quantitative estimate of drug-likeness (QED) is 0.119. The van der Waals surface area contributed by atoms with Crippen molar-refractivity contribution >= 4 is 138 Å². The zero-order valence-electron chi connectivity index (χ0n) is 51.0. The molecule has 0 N–H and O–H groups in total. The average Bonchev–Trinajstić information content (AvgIpc) is 0.691. The minimum atomic E-state index is -0.142. The molecule has 0 spiro atoms. The van der Waals surface area contributed by atoms with Crippen LogP contribution in [0.15, 0.2) is 353 Å². The van der Waals surface area contributed by atoms with Gasteiger partial charge in [-0.3, -0.25) is 0 Å². The van der Waals surface area contributed by atoms with Gasteiger partial charge in [0.25, 0.3) is 6.71 Å². The molecule has 0 atom stereocenters. The third-order valence-electron chi connectivity index (χ3n) is 19.0. The fourth-order valence-corrected chi connectivity index (χ4v) is 17.4. The molecule has 0 saturated carbocycles. The Morgan fingerprint density at radius 2 is 0.720 bits per heavy atom. The molecule has 0 amide bonds. The first-order valence-corrected chi connectivity index (χ1v) is 33.6. The standard InChI is InChI=1S/C85H58B2N4S2/c1-57-25-24-38-70(62-30-12-4-13-31-62)85(57)91-76-56-80-74(87-72-40-21-23-42-79(72)92-81-53-69(54-82(93-80)84(81)87)88(63-32-14-5-15-33-63)64-34-16-6-17-35-64)55-73(76)86-71-39-20-22-41-75(71)90(65-36-18-7-19-37-65)77-51-68(52-78(91)83(77)86)89(66-47-43-60(44-48-66)58-26-8-2-9-27-58)67-49-45-61(46-50-67)59-28-10-3-11-29-59/h2-56H,1H3. The predicted octanol–water partition coefficient (Wildman–Crippen LogP) is 19.5. The maximum absolute atomic E-state index is 2.67. The van der Waals surface area contributed by atoms with Crippen LogP contribution in [-0.4, -0.2) is 13.4 Å². The largest absolute Gasteiger partial charge is 0.311 e. The number of anilines is 12. The second-order valence-corrected chi connectivity index (χ2v) is 26.5. The fraction of sp³-hybridized carbons (Fsp3) is 0.0118. The summed E-state index contributed by atoms with van der Waals surface area (Å²) >= 11 is 3.84. The minimum absolute atomic E-state index is 0.00486. The van der Waals surface area contributed by atoms with Crippen LogP contribution in [0.2, 0.25) is 0 Å². The lowest BCUT2D eigenvalue weighted by molar-refractivity contribution is 1.21. The second-order valence-electron chi connectivity index (χ2n) is 24.4. The highest BCUT2D eigenvalue weighted by atomic mass is 32.2. The van der Waals surface area contributed by atoms with Gasteiger partial charge < -0.3 is 19.6 Å². The lowest BCUT2D eigenvalue weighted by Gasteiger charge is -2.46. The summed E-state index contributed by atoms with van der Waals surface area (Å²) in [7, 11) is 0. The Morgan fingerprint density at radius 3 is 1.31 bits per heavy atom. The molecule has 4 aliphatic rings. The summed E-state index contributed by atoms with van der Waals surface area (Å²) < 4.78 is 0. The van der Waals surface area contributed by atoms with E-state index in [1.165, 1.54) is 103 Å². The molecule has 4 heterocycles. The van der Waals surface area contributed by atoms with E-state index in [-0.39, 0.29) is 13.4 Å². The Hall–Kier alpha value is -10.9. The SMILES string of the molecule is Cc1cccc(-c2ccccc2)c1N1c2cc3c(cc2B2c4ccccc4N(c4ccccc4)c4cc(N(c5ccc(-c6ccccc6)cc5)c5ccc(-c6ccccc6)cc5)cc1c42)B1c2ccccc2Sc2cc(N(c4ccccc4)c4ccccc4)cc(c21)S3. The monoisotopic (exact) mass is 1220 g/mol. The van der Waals surface area contributed by atoms with Crippen LogP contribution in [0.4, 0.5) is 68.2 Å². The van der Waals surface area contributed by atoms with Gasteiger partial charge in [0.15, 0.2) is 0 Å². The van der Waals surface area contributed by atoms with Gasteiger partial charge in [-0.1, -0.05) is 265 Å². The first-order chi connectivity index (χ1) is 46.1. The van der Waals surface area contributed by atoms with Gasteiger partial charge in [-0.2, -0.15) is 0 Å². The van der Waals surface area contributed by atoms with Crippen molar-refractivity contribution in [3.05, 3.63) is 339 Å². The van der Waals surface area contributed by atoms with E-state index >= 15 is 0 Å². The fourth-order valence-electron chi connectivity index (χ4n) is 14.9. The van der Waals surface area contributed by atoms with Crippen molar-refractivity contribution in [2.75, 3.05) is 19.6 Å². The number of rotatable bonds is 11. The molecule has 14 aromatic rings. The van der Waals surface area contributed by atoms with E-state index in [9.17, 15) is 0 Å². The molecule has 4 aliphatic heterocycles. The summed E-state index contributed by atoms with van der Waals surface area (Å²) in [6.07, 6.45) is 0. The molecular formula is C85H58B2N4S2. The number of hydrogen-bond acceptors (Lipinski definition) is 6. The molecule has 8 heteroatoms. The molecule has 18 rings (SSSR count). The molecule has 0 saturated heterocycles. The smallest absolute Gasteiger partial charge is 0.252 e. The van der Waals surface area contributed by atoms with Crippen LogP contribution in [0.1, 0.15) is 5.56 Å². The molecule has 4 nitrogen and oxygen atoms in total. The first-order valence-electron chi connectivity index (χ1n) is 32.0. The Bertz CT molecular complexity index is 5050. The summed E-state index contributed by atoms with van der Waals surface area (Å²) in [5.41, 5.74) is 29.6. The van der Waals surface area contributed by atoms with Crippen molar-refractivity contribution in [3.8, 4) is 33.4 Å². The maximum Gasteiger partial charge on any atom is 0.252 e. The lowest BCUT2D eigenvalue weighted by atomic mass is 9.31. The van der Waals surface area contributed by atoms with Gasteiger partial charge in [-0.25, -0.2) is 0 Å². The number of fused-ring (bicyclic) bond motifs is 8. The van der Waals surface area contributed by atoms with E-state index in [0.717, 1.165) is 56.9 Å². The molecule has 14 aromatic carbocycles. The number of para-hydroxylation sites is 5. The summed E-state index contributed by atoms with van der Waals surface area (Å²) in [6.45, 7) is 2.16. The molecule has 93 heavy (non-hydrogen) atoms. The van der Waals surface area contributed by atoms with Crippen molar-refractivity contribution < 1.29 is 0 Å². The Kier molecular flexibility index (Phi) is 13.5. The maximum atomic E-state index is 2.67. The van der Waals surface area contributed by atoms with E-state index in [1.54, 1.807) is 0 Å². The molecule has 0 radical (unpaired) electrons. The zero-order valence-corrected chi connectivity index (χ0v) is 52.6. The van der Waals surface area contributed by atoms with Crippen molar-refractivity contribution in [1.82, 2.24) is 0 Å². The predicted molar refractivity (Wildman–Crippen MR) is 397 cm³/mol. The van der Waals surface area contributed by atoms with Crippen molar-refractivity contribution in [3.63, 3.8) is 0 Å². The highest BCUT2D eigenvalue weighted by Gasteiger charge is 2.47. The first kappa shape index (κ1) is 55.0. The number of aryl methyl sites for hydroxylation is 1. The van der Waals surface area contributed by atoms with Crippen LogP contribution in [-0.2, 0) is 0 Å². The number of hydrogen-bond donors (Lipinski definition) is 0. The van der Waals surface area contributed by atoms with Crippen LogP contribution in [0, 0.1) is 6.92 Å². The van der Waals surface area contributed by atoms with Crippen LogP contribution in [0.3, 0.4) is 0 Å². The van der Waals surface area contributed by atoms with E-state index in [4.69, 9.17) is 0 Å². The molecule has 0 fully saturated rings. The minimum Gasteiger partial charge on any atom is -0.311 e. The summed E-state index contributed by atoms with van der Waals surface area (Å²) in [6, 6.07) is 124. The topological polar surface area (TPSA) is 13.0 Å². The molecular weight excluding hydrogens is 1160 g/mol. The van der Waals surface area contributed by atoms with Crippen molar-refractivity contribution in [1.29, 1.82) is 0 Å². The van der Waals surface area contributed by atoms with E-state index in [1.807, 2.05) is 23.5 Å². The van der Waals surface area contributed by atoms with Gasteiger partial charge in [0.05, 0.1) is 11.4 Å². The van der Waals surface area contributed by atoms with Crippen molar-refractivity contribution in [2.45, 2.75) is 26.5 Å². The highest BCUT2D eigenvalue weighted by Crippen LogP contribution is 2.53. The summed E-state index contributed by atoms with van der Waals surface area (Å²) in [5, 5.41) is 0. The second kappa shape index (κ2) is 22.8. The Labute approximate surface area is 552 Å². The number of benzene rings is 14. The summed E-state index contributed by atoms with van der Waals surface area (Å²) in [5.74, 6) is 0. The van der Waals surface area contributed by atoms with Crippen molar-refractivity contribution in [2.24, 2.45) is 0 Å². The normalized spacial score (nSPS) is 12.8. The Balaban J connectivity index is 0.920. The van der Waals surface area contributed by atoms with Gasteiger partial charge in [0, 0.05) is 82.0 Å². The zero-order chi connectivity index (χ0) is 61.5. The van der Waals surface area contributed by atoms with E-state index in [2.05, 4.69) is 360 Å². The van der Waals surface area contributed by atoms with E-state index in [0.29, 0.717) is 0 Å². The van der Waals surface area contributed by atoms with Crippen LogP contribution in [0.5, 0.6) is 0 Å². The molecule has 0 aromatic heterocycles. The van der Waals surface area contributed by atoms with Crippen LogP contribution in [0.25, 0.3) is 33.4 Å². The van der Waals surface area contributed by atoms with Gasteiger partial charge in [0.1, 0.15) is 0 Å². The van der Waals surface area contributed by atoms with Gasteiger partial charge >= 0.3 is 0 Å². The molecule has 436 valence electrons. The third kappa shape index (κ3) is 9.34. The van der Waals surface area contributed by atoms with E-state index < -0.39 is 0 Å². The molecule has 0 bridgehead atoms. The third-order valence-corrected chi connectivity index (χ3v) is 21.3. The average molecular weight is 1220 g/mol. The molecule has 0 aliphatic carbocycles. The van der Waals surface area contributed by atoms with Gasteiger partial charge in [-0.15, -0.1) is 0 Å². The highest BCUT2D eigenvalue weighted by molar-refractivity contribution is 8.01.